The molecule has 15 heavy (non-hydrogen) atoms. The monoisotopic (exact) mass is 216 g/mol. The lowest BCUT2D eigenvalue weighted by Crippen LogP contribution is -2.36. The Morgan fingerprint density at radius 1 is 1.13 bits per heavy atom. The summed E-state index contributed by atoms with van der Waals surface area (Å²) in [5, 5.41) is 18.4. The summed E-state index contributed by atoms with van der Waals surface area (Å²) in [6.45, 7) is 8.00. The molecule has 0 saturated carbocycles. The Balaban J connectivity index is 2.26. The summed E-state index contributed by atoms with van der Waals surface area (Å²) >= 11 is 0. The Kier molecular flexibility index (Phi) is 6.17. The number of β-amino-alcohol motifs (C(OH)–C–C–N with tert-alkyl or cyclic N) is 2. The van der Waals surface area contributed by atoms with E-state index in [1.165, 1.54) is 0 Å². The van der Waals surface area contributed by atoms with Gasteiger partial charge in [0.05, 0.1) is 12.7 Å². The first-order valence-electron chi connectivity index (χ1n) is 6.00. The fourth-order valence-corrected chi connectivity index (χ4v) is 2.00. The average molecular weight is 216 g/mol. The van der Waals surface area contributed by atoms with Crippen LogP contribution in [0.3, 0.4) is 0 Å². The molecule has 4 heteroatoms. The Bertz CT molecular complexity index is 167. The average Bonchev–Trinajstić information content (AvgIpc) is 2.45. The van der Waals surface area contributed by atoms with Crippen molar-refractivity contribution in [3.63, 3.8) is 0 Å². The van der Waals surface area contributed by atoms with E-state index in [2.05, 4.69) is 9.80 Å². The van der Waals surface area contributed by atoms with E-state index in [0.29, 0.717) is 0 Å². The van der Waals surface area contributed by atoms with Crippen molar-refractivity contribution >= 4 is 0 Å². The van der Waals surface area contributed by atoms with Gasteiger partial charge in [-0.2, -0.15) is 0 Å². The molecule has 0 aliphatic carbocycles. The molecule has 0 aromatic carbocycles. The van der Waals surface area contributed by atoms with Crippen LogP contribution in [0.5, 0.6) is 0 Å². The predicted octanol–water partition coefficient (Wildman–Crippen LogP) is -0.243. The predicted molar refractivity (Wildman–Crippen MR) is 60.9 cm³/mol. The second-order valence-corrected chi connectivity index (χ2v) is 4.28. The molecule has 4 nitrogen and oxygen atoms in total. The zero-order chi connectivity index (χ0) is 11.1. The highest BCUT2D eigenvalue weighted by Gasteiger charge is 2.15. The largest absolute Gasteiger partial charge is 0.395 e. The van der Waals surface area contributed by atoms with Crippen LogP contribution in [-0.4, -0.2) is 72.0 Å². The molecule has 1 unspecified atom stereocenters. The Morgan fingerprint density at radius 2 is 1.80 bits per heavy atom. The van der Waals surface area contributed by atoms with Gasteiger partial charge in [0.15, 0.2) is 0 Å². The standard InChI is InChI=1S/C11H24N2O2/c1-2-11(15)10-13-5-3-4-12(6-7-13)8-9-14/h11,14-15H,2-10H2,1H3. The Labute approximate surface area is 92.5 Å². The molecule has 1 aliphatic heterocycles. The van der Waals surface area contributed by atoms with Gasteiger partial charge in [0.1, 0.15) is 0 Å². The molecule has 1 aliphatic rings. The summed E-state index contributed by atoms with van der Waals surface area (Å²) in [5.74, 6) is 0. The highest BCUT2D eigenvalue weighted by atomic mass is 16.3. The molecule has 1 heterocycles. The number of hydrogen-bond donors (Lipinski definition) is 2. The summed E-state index contributed by atoms with van der Waals surface area (Å²) in [7, 11) is 0. The van der Waals surface area contributed by atoms with E-state index in [9.17, 15) is 5.11 Å². The fourth-order valence-electron chi connectivity index (χ4n) is 2.00. The molecule has 90 valence electrons. The summed E-state index contributed by atoms with van der Waals surface area (Å²) in [4.78, 5) is 4.61. The smallest absolute Gasteiger partial charge is 0.0664 e. The van der Waals surface area contributed by atoms with E-state index in [1.54, 1.807) is 0 Å². The molecular weight excluding hydrogens is 192 g/mol. The van der Waals surface area contributed by atoms with Gasteiger partial charge < -0.3 is 10.2 Å². The van der Waals surface area contributed by atoms with E-state index in [0.717, 1.165) is 52.1 Å². The summed E-state index contributed by atoms with van der Waals surface area (Å²) in [6, 6.07) is 0. The lowest BCUT2D eigenvalue weighted by atomic mass is 10.2. The highest BCUT2D eigenvalue weighted by molar-refractivity contribution is 4.71. The molecule has 0 aromatic heterocycles. The maximum Gasteiger partial charge on any atom is 0.0664 e. The number of nitrogens with zero attached hydrogens (tertiary/aromatic N) is 2. The molecule has 0 aromatic rings. The lowest BCUT2D eigenvalue weighted by Gasteiger charge is -2.23. The Hall–Kier alpha value is -0.160. The third kappa shape index (κ3) is 4.93. The minimum Gasteiger partial charge on any atom is -0.395 e. The van der Waals surface area contributed by atoms with Crippen molar-refractivity contribution in [3.8, 4) is 0 Å². The topological polar surface area (TPSA) is 46.9 Å². The van der Waals surface area contributed by atoms with Crippen LogP contribution >= 0.6 is 0 Å². The number of hydrogen-bond acceptors (Lipinski definition) is 4. The van der Waals surface area contributed by atoms with E-state index in [1.807, 2.05) is 6.92 Å². The summed E-state index contributed by atoms with van der Waals surface area (Å²) < 4.78 is 0. The first-order valence-corrected chi connectivity index (χ1v) is 6.00. The van der Waals surface area contributed by atoms with Crippen molar-refractivity contribution in [3.05, 3.63) is 0 Å². The van der Waals surface area contributed by atoms with Gasteiger partial charge in [0, 0.05) is 26.2 Å². The van der Waals surface area contributed by atoms with Crippen LogP contribution in [0.1, 0.15) is 19.8 Å². The van der Waals surface area contributed by atoms with Gasteiger partial charge in [-0.15, -0.1) is 0 Å². The number of rotatable bonds is 5. The molecule has 0 radical (unpaired) electrons. The zero-order valence-electron chi connectivity index (χ0n) is 9.73. The normalized spacial score (nSPS) is 22.6. The van der Waals surface area contributed by atoms with Crippen LogP contribution in [0.25, 0.3) is 0 Å². The fraction of sp³-hybridized carbons (Fsp3) is 1.00. The third-order valence-electron chi connectivity index (χ3n) is 3.04. The molecule has 0 bridgehead atoms. The van der Waals surface area contributed by atoms with Gasteiger partial charge in [0.25, 0.3) is 0 Å². The molecule has 1 atom stereocenters. The first kappa shape index (κ1) is 12.9. The molecule has 1 fully saturated rings. The molecule has 0 spiro atoms. The van der Waals surface area contributed by atoms with Crippen molar-refractivity contribution in [2.45, 2.75) is 25.9 Å². The van der Waals surface area contributed by atoms with Crippen molar-refractivity contribution < 1.29 is 10.2 Å². The summed E-state index contributed by atoms with van der Waals surface area (Å²) in [5.41, 5.74) is 0. The van der Waals surface area contributed by atoms with Crippen molar-refractivity contribution in [2.24, 2.45) is 0 Å². The van der Waals surface area contributed by atoms with Gasteiger partial charge in [-0.05, 0) is 25.9 Å². The molecule has 1 rings (SSSR count). The van der Waals surface area contributed by atoms with Gasteiger partial charge in [-0.3, -0.25) is 9.80 Å². The van der Waals surface area contributed by atoms with E-state index in [-0.39, 0.29) is 12.7 Å². The highest BCUT2D eigenvalue weighted by Crippen LogP contribution is 2.04. The third-order valence-corrected chi connectivity index (χ3v) is 3.04. The van der Waals surface area contributed by atoms with Crippen LogP contribution in [0, 0.1) is 0 Å². The van der Waals surface area contributed by atoms with Gasteiger partial charge in [0.2, 0.25) is 0 Å². The van der Waals surface area contributed by atoms with Crippen LogP contribution in [0.4, 0.5) is 0 Å². The number of aliphatic hydroxyl groups is 2. The van der Waals surface area contributed by atoms with E-state index in [4.69, 9.17) is 5.11 Å². The second-order valence-electron chi connectivity index (χ2n) is 4.28. The molecule has 2 N–H and O–H groups in total. The Morgan fingerprint density at radius 3 is 2.47 bits per heavy atom. The van der Waals surface area contributed by atoms with Crippen LogP contribution < -0.4 is 0 Å². The van der Waals surface area contributed by atoms with Crippen molar-refractivity contribution in [2.75, 3.05) is 45.9 Å². The molecular formula is C11H24N2O2. The van der Waals surface area contributed by atoms with Crippen LogP contribution in [0.15, 0.2) is 0 Å². The first-order chi connectivity index (χ1) is 7.26. The zero-order valence-corrected chi connectivity index (χ0v) is 9.73. The minimum absolute atomic E-state index is 0.186. The van der Waals surface area contributed by atoms with Gasteiger partial charge in [-0.1, -0.05) is 6.92 Å². The molecule has 0 amide bonds. The number of aliphatic hydroxyl groups excluding tert-OH is 2. The van der Waals surface area contributed by atoms with Gasteiger partial charge in [-0.25, -0.2) is 0 Å². The van der Waals surface area contributed by atoms with Crippen molar-refractivity contribution in [1.29, 1.82) is 0 Å². The van der Waals surface area contributed by atoms with Crippen LogP contribution in [-0.2, 0) is 0 Å². The maximum absolute atomic E-state index is 9.58. The SMILES string of the molecule is CCC(O)CN1CCCN(CCO)CC1. The maximum atomic E-state index is 9.58. The van der Waals surface area contributed by atoms with E-state index < -0.39 is 0 Å². The van der Waals surface area contributed by atoms with Crippen molar-refractivity contribution in [1.82, 2.24) is 9.80 Å². The minimum atomic E-state index is -0.186. The van der Waals surface area contributed by atoms with Crippen LogP contribution in [0.2, 0.25) is 0 Å². The lowest BCUT2D eigenvalue weighted by molar-refractivity contribution is 0.110. The quantitative estimate of drug-likeness (QED) is 0.666. The second kappa shape index (κ2) is 7.17. The molecule has 1 saturated heterocycles. The van der Waals surface area contributed by atoms with Gasteiger partial charge >= 0.3 is 0 Å². The van der Waals surface area contributed by atoms with E-state index >= 15 is 0 Å². The summed E-state index contributed by atoms with van der Waals surface area (Å²) in [6.07, 6.45) is 1.78.